The Hall–Kier alpha value is -2.04. The molecule has 0 aliphatic carbocycles. The molecule has 2 aromatic carbocycles. The smallest absolute Gasteiger partial charge is 0.423 e. The SMILES string of the molecule is CCCCn1c(Cc2ccc(B(O)O)cc2)cc2cc(C)cc(C)c21. The third-order valence-electron chi connectivity index (χ3n) is 4.81. The number of benzene rings is 2. The molecule has 0 aliphatic heterocycles. The monoisotopic (exact) mass is 335 g/mol. The summed E-state index contributed by atoms with van der Waals surface area (Å²) in [6.07, 6.45) is 3.19. The number of hydrogen-bond donors (Lipinski definition) is 2. The van der Waals surface area contributed by atoms with E-state index in [1.807, 2.05) is 12.1 Å². The van der Waals surface area contributed by atoms with Gasteiger partial charge in [-0.1, -0.05) is 49.2 Å². The standard InChI is InChI=1S/C21H26BNO2/c1-4-5-10-23-20(13-17-6-8-19(9-7-17)22(24)25)14-18-12-15(2)11-16(3)21(18)23/h6-9,11-12,14,24-25H,4-5,10,13H2,1-3H3. The molecule has 0 saturated heterocycles. The summed E-state index contributed by atoms with van der Waals surface area (Å²) in [5.74, 6) is 0. The van der Waals surface area contributed by atoms with Crippen LogP contribution in [0.3, 0.4) is 0 Å². The predicted octanol–water partition coefficient (Wildman–Crippen LogP) is 3.33. The van der Waals surface area contributed by atoms with Gasteiger partial charge < -0.3 is 14.6 Å². The molecule has 0 unspecified atom stereocenters. The second kappa shape index (κ2) is 7.46. The Kier molecular flexibility index (Phi) is 5.31. The highest BCUT2D eigenvalue weighted by Crippen LogP contribution is 2.27. The minimum Gasteiger partial charge on any atom is -0.423 e. The lowest BCUT2D eigenvalue weighted by atomic mass is 9.80. The molecular weight excluding hydrogens is 309 g/mol. The fourth-order valence-corrected chi connectivity index (χ4v) is 3.61. The topological polar surface area (TPSA) is 45.4 Å². The summed E-state index contributed by atoms with van der Waals surface area (Å²) in [6.45, 7) is 7.60. The maximum absolute atomic E-state index is 9.25. The number of nitrogens with zero attached hydrogens (tertiary/aromatic N) is 1. The lowest BCUT2D eigenvalue weighted by Crippen LogP contribution is -2.29. The Morgan fingerprint density at radius 1 is 1.00 bits per heavy atom. The van der Waals surface area contributed by atoms with E-state index >= 15 is 0 Å². The molecule has 0 bridgehead atoms. The first-order valence-electron chi connectivity index (χ1n) is 9.04. The van der Waals surface area contributed by atoms with Crippen molar-refractivity contribution in [3.63, 3.8) is 0 Å². The van der Waals surface area contributed by atoms with Crippen molar-refractivity contribution in [1.82, 2.24) is 4.57 Å². The molecule has 0 atom stereocenters. The van der Waals surface area contributed by atoms with Crippen LogP contribution in [-0.4, -0.2) is 21.7 Å². The van der Waals surface area contributed by atoms with Crippen molar-refractivity contribution in [2.24, 2.45) is 0 Å². The largest absolute Gasteiger partial charge is 0.488 e. The molecule has 0 fully saturated rings. The van der Waals surface area contributed by atoms with E-state index < -0.39 is 7.12 Å². The first kappa shape index (κ1) is 17.8. The van der Waals surface area contributed by atoms with Crippen molar-refractivity contribution in [2.75, 3.05) is 0 Å². The third-order valence-corrected chi connectivity index (χ3v) is 4.81. The van der Waals surface area contributed by atoms with E-state index in [9.17, 15) is 10.0 Å². The van der Waals surface area contributed by atoms with Gasteiger partial charge in [0, 0.05) is 24.0 Å². The summed E-state index contributed by atoms with van der Waals surface area (Å²) in [6, 6.07) is 14.4. The number of unbranched alkanes of at least 4 members (excludes halogenated alkanes) is 1. The molecule has 0 amide bonds. The van der Waals surface area contributed by atoms with Gasteiger partial charge in [-0.05, 0) is 49.0 Å². The lowest BCUT2D eigenvalue weighted by Gasteiger charge is -2.12. The van der Waals surface area contributed by atoms with Crippen molar-refractivity contribution in [2.45, 2.75) is 46.6 Å². The molecule has 0 aliphatic rings. The summed E-state index contributed by atoms with van der Waals surface area (Å²) in [5.41, 5.74) is 6.99. The zero-order chi connectivity index (χ0) is 18.0. The van der Waals surface area contributed by atoms with Crippen LogP contribution in [0.2, 0.25) is 0 Å². The fourth-order valence-electron chi connectivity index (χ4n) is 3.61. The van der Waals surface area contributed by atoms with Gasteiger partial charge in [0.25, 0.3) is 0 Å². The van der Waals surface area contributed by atoms with Gasteiger partial charge in [0.1, 0.15) is 0 Å². The van der Waals surface area contributed by atoms with E-state index in [2.05, 4.69) is 43.5 Å². The summed E-state index contributed by atoms with van der Waals surface area (Å²) in [5, 5.41) is 19.8. The van der Waals surface area contributed by atoms with Crippen molar-refractivity contribution in [1.29, 1.82) is 0 Å². The van der Waals surface area contributed by atoms with Crippen LogP contribution in [0.25, 0.3) is 10.9 Å². The number of hydrogen-bond acceptors (Lipinski definition) is 2. The van der Waals surface area contributed by atoms with Crippen LogP contribution >= 0.6 is 0 Å². The van der Waals surface area contributed by atoms with Gasteiger partial charge in [0.2, 0.25) is 0 Å². The zero-order valence-corrected chi connectivity index (χ0v) is 15.3. The van der Waals surface area contributed by atoms with Crippen molar-refractivity contribution in [3.05, 3.63) is 64.8 Å². The predicted molar refractivity (Wildman–Crippen MR) is 105 cm³/mol. The highest BCUT2D eigenvalue weighted by molar-refractivity contribution is 6.58. The second-order valence-corrected chi connectivity index (χ2v) is 6.95. The Balaban J connectivity index is 2.00. The molecule has 25 heavy (non-hydrogen) atoms. The second-order valence-electron chi connectivity index (χ2n) is 6.95. The molecule has 1 heterocycles. The van der Waals surface area contributed by atoms with Crippen molar-refractivity contribution < 1.29 is 10.0 Å². The van der Waals surface area contributed by atoms with E-state index in [-0.39, 0.29) is 0 Å². The minimum absolute atomic E-state index is 0.529. The molecule has 0 radical (unpaired) electrons. The average Bonchev–Trinajstić information content (AvgIpc) is 2.90. The lowest BCUT2D eigenvalue weighted by molar-refractivity contribution is 0.426. The van der Waals surface area contributed by atoms with E-state index in [4.69, 9.17) is 0 Å². The number of fused-ring (bicyclic) bond motifs is 1. The Labute approximate surface area is 150 Å². The average molecular weight is 335 g/mol. The van der Waals surface area contributed by atoms with Crippen LogP contribution in [0, 0.1) is 13.8 Å². The minimum atomic E-state index is -1.41. The molecule has 4 heteroatoms. The first-order valence-corrected chi connectivity index (χ1v) is 9.04. The Morgan fingerprint density at radius 3 is 2.36 bits per heavy atom. The molecule has 130 valence electrons. The third kappa shape index (κ3) is 3.81. The van der Waals surface area contributed by atoms with Crippen LogP contribution in [0.4, 0.5) is 0 Å². The highest BCUT2D eigenvalue weighted by Gasteiger charge is 2.13. The van der Waals surface area contributed by atoms with E-state index in [1.165, 1.54) is 46.1 Å². The zero-order valence-electron chi connectivity index (χ0n) is 15.3. The van der Waals surface area contributed by atoms with Crippen LogP contribution in [0.1, 0.15) is 42.1 Å². The first-order chi connectivity index (χ1) is 12.0. The molecule has 3 nitrogen and oxygen atoms in total. The van der Waals surface area contributed by atoms with Crippen LogP contribution in [-0.2, 0) is 13.0 Å². The molecule has 0 saturated carbocycles. The van der Waals surface area contributed by atoms with Gasteiger partial charge in [-0.3, -0.25) is 0 Å². The molecule has 0 spiro atoms. The van der Waals surface area contributed by atoms with Gasteiger partial charge >= 0.3 is 7.12 Å². The summed E-state index contributed by atoms with van der Waals surface area (Å²) in [4.78, 5) is 0. The maximum Gasteiger partial charge on any atom is 0.488 e. The molecule has 2 N–H and O–H groups in total. The normalized spacial score (nSPS) is 11.2. The molecular formula is C21H26BNO2. The van der Waals surface area contributed by atoms with Crippen molar-refractivity contribution in [3.8, 4) is 0 Å². The Morgan fingerprint density at radius 2 is 1.72 bits per heavy atom. The van der Waals surface area contributed by atoms with Gasteiger partial charge in [-0.2, -0.15) is 0 Å². The molecule has 3 rings (SSSR count). The van der Waals surface area contributed by atoms with Gasteiger partial charge in [0.15, 0.2) is 0 Å². The Bertz CT molecular complexity index is 866. The molecule has 1 aromatic heterocycles. The number of rotatable bonds is 6. The highest BCUT2D eigenvalue weighted by atomic mass is 16.4. The fraction of sp³-hybridized carbons (Fsp3) is 0.333. The summed E-state index contributed by atoms with van der Waals surface area (Å²) in [7, 11) is -1.41. The van der Waals surface area contributed by atoms with E-state index in [1.54, 1.807) is 12.1 Å². The summed E-state index contributed by atoms with van der Waals surface area (Å²) >= 11 is 0. The molecule has 3 aromatic rings. The van der Waals surface area contributed by atoms with Gasteiger partial charge in [-0.15, -0.1) is 0 Å². The van der Waals surface area contributed by atoms with Gasteiger partial charge in [0.05, 0.1) is 5.52 Å². The summed E-state index contributed by atoms with van der Waals surface area (Å²) < 4.78 is 2.46. The van der Waals surface area contributed by atoms with Crippen LogP contribution < -0.4 is 5.46 Å². The number of aryl methyl sites for hydroxylation is 3. The van der Waals surface area contributed by atoms with Crippen LogP contribution in [0.5, 0.6) is 0 Å². The van der Waals surface area contributed by atoms with Crippen molar-refractivity contribution >= 4 is 23.5 Å². The van der Waals surface area contributed by atoms with Gasteiger partial charge in [-0.25, -0.2) is 0 Å². The van der Waals surface area contributed by atoms with E-state index in [0.29, 0.717) is 5.46 Å². The van der Waals surface area contributed by atoms with E-state index in [0.717, 1.165) is 13.0 Å². The van der Waals surface area contributed by atoms with Crippen LogP contribution in [0.15, 0.2) is 42.5 Å². The quantitative estimate of drug-likeness (QED) is 0.679. The maximum atomic E-state index is 9.25. The number of aromatic nitrogens is 1.